The number of aromatic nitrogens is 1. The molecular formula is C15H18BrN3O5. The lowest BCUT2D eigenvalue weighted by Crippen LogP contribution is -2.49. The maximum absolute atomic E-state index is 12.5. The quantitative estimate of drug-likeness (QED) is 0.723. The molecule has 0 aliphatic carbocycles. The van der Waals surface area contributed by atoms with Gasteiger partial charge in [0.2, 0.25) is 5.91 Å². The number of amides is 2. The van der Waals surface area contributed by atoms with Crippen LogP contribution in [0, 0.1) is 0 Å². The first-order chi connectivity index (χ1) is 11.1. The second-order valence-electron chi connectivity index (χ2n) is 6.79. The summed E-state index contributed by atoms with van der Waals surface area (Å²) >= 11 is 3.33. The number of alkyl halides is 1. The molecule has 0 aromatic carbocycles. The van der Waals surface area contributed by atoms with E-state index in [0.717, 1.165) is 4.90 Å². The molecule has 0 bridgehead atoms. The fourth-order valence-corrected chi connectivity index (χ4v) is 3.40. The molecule has 0 radical (unpaired) electrons. The molecule has 1 N–H and O–H groups in total. The molecule has 24 heavy (non-hydrogen) atoms. The lowest BCUT2D eigenvalue weighted by molar-refractivity contribution is -0.117. The van der Waals surface area contributed by atoms with Gasteiger partial charge in [0.05, 0.1) is 11.7 Å². The van der Waals surface area contributed by atoms with Crippen LogP contribution in [0.2, 0.25) is 0 Å². The minimum absolute atomic E-state index is 0.200. The van der Waals surface area contributed by atoms with Crippen LogP contribution in [0.5, 0.6) is 5.75 Å². The maximum atomic E-state index is 12.5. The number of anilines is 2. The van der Waals surface area contributed by atoms with Crippen molar-refractivity contribution >= 4 is 39.4 Å². The highest BCUT2D eigenvalue weighted by atomic mass is 79.9. The monoisotopic (exact) mass is 399 g/mol. The molecule has 0 saturated carbocycles. The van der Waals surface area contributed by atoms with Crippen LogP contribution in [-0.2, 0) is 9.53 Å². The van der Waals surface area contributed by atoms with Crippen molar-refractivity contribution in [3.8, 4) is 5.75 Å². The molecular weight excluding hydrogens is 382 g/mol. The summed E-state index contributed by atoms with van der Waals surface area (Å²) < 4.78 is 6.69. The minimum atomic E-state index is -0.730. The van der Waals surface area contributed by atoms with Crippen molar-refractivity contribution in [2.75, 3.05) is 28.2 Å². The fraction of sp³-hybridized carbons (Fsp3) is 0.533. The second kappa shape index (κ2) is 5.51. The normalized spacial score (nSPS) is 19.5. The summed E-state index contributed by atoms with van der Waals surface area (Å²) in [5.74, 6) is -0.440. The summed E-state index contributed by atoms with van der Waals surface area (Å²) in [5, 5.41) is 10.4. The van der Waals surface area contributed by atoms with Crippen molar-refractivity contribution in [3.63, 3.8) is 0 Å². The van der Waals surface area contributed by atoms with Crippen molar-refractivity contribution in [1.82, 2.24) is 4.57 Å². The molecule has 3 heterocycles. The first-order valence-electron chi connectivity index (χ1n) is 7.49. The van der Waals surface area contributed by atoms with Crippen LogP contribution in [0.1, 0.15) is 26.8 Å². The predicted molar refractivity (Wildman–Crippen MR) is 91.1 cm³/mol. The van der Waals surface area contributed by atoms with Gasteiger partial charge in [-0.25, -0.2) is 4.79 Å². The number of ether oxygens (including phenoxy) is 1. The molecule has 1 aromatic heterocycles. The number of halogens is 1. The van der Waals surface area contributed by atoms with Crippen LogP contribution in [0.15, 0.2) is 10.9 Å². The number of carbonyl (C=O) groups excluding carboxylic acids is 2. The van der Waals surface area contributed by atoms with E-state index < -0.39 is 23.0 Å². The largest absolute Gasteiger partial charge is 0.503 e. The van der Waals surface area contributed by atoms with Gasteiger partial charge in [-0.15, -0.1) is 0 Å². The molecule has 3 rings (SSSR count). The molecule has 0 spiro atoms. The Morgan fingerprint density at radius 3 is 2.67 bits per heavy atom. The SMILES string of the molecule is CC(C)(C)OC(=O)N1CC(=O)N2CC(CBr)n3c2c1cc(O)c3=O. The lowest BCUT2D eigenvalue weighted by atomic mass is 10.2. The molecule has 2 aliphatic heterocycles. The Kier molecular flexibility index (Phi) is 3.86. The highest BCUT2D eigenvalue weighted by Crippen LogP contribution is 2.41. The van der Waals surface area contributed by atoms with E-state index in [9.17, 15) is 19.5 Å². The van der Waals surface area contributed by atoms with E-state index in [2.05, 4.69) is 15.9 Å². The summed E-state index contributed by atoms with van der Waals surface area (Å²) in [6.45, 7) is 5.29. The van der Waals surface area contributed by atoms with E-state index in [1.807, 2.05) is 0 Å². The third-order valence-electron chi connectivity index (χ3n) is 3.86. The lowest BCUT2D eigenvalue weighted by Gasteiger charge is -2.34. The number of rotatable bonds is 1. The third kappa shape index (κ3) is 2.56. The molecule has 130 valence electrons. The van der Waals surface area contributed by atoms with E-state index in [0.29, 0.717) is 23.4 Å². The summed E-state index contributed by atoms with van der Waals surface area (Å²) in [5.41, 5.74) is -1.02. The summed E-state index contributed by atoms with van der Waals surface area (Å²) in [6.07, 6.45) is -0.696. The smallest absolute Gasteiger partial charge is 0.415 e. The van der Waals surface area contributed by atoms with E-state index in [-0.39, 0.29) is 18.5 Å². The molecule has 1 aromatic rings. The molecule has 2 aliphatic rings. The molecule has 0 saturated heterocycles. The second-order valence-corrected chi connectivity index (χ2v) is 7.44. The van der Waals surface area contributed by atoms with Crippen LogP contribution < -0.4 is 15.4 Å². The minimum Gasteiger partial charge on any atom is -0.503 e. The molecule has 2 amide bonds. The number of carbonyl (C=O) groups is 2. The van der Waals surface area contributed by atoms with Gasteiger partial charge in [-0.3, -0.25) is 24.0 Å². The number of aromatic hydroxyl groups is 1. The molecule has 8 nitrogen and oxygen atoms in total. The van der Waals surface area contributed by atoms with Gasteiger partial charge in [0.25, 0.3) is 5.56 Å². The average Bonchev–Trinajstić information content (AvgIpc) is 2.86. The van der Waals surface area contributed by atoms with Crippen molar-refractivity contribution in [2.24, 2.45) is 0 Å². The molecule has 1 atom stereocenters. The number of hydrogen-bond acceptors (Lipinski definition) is 5. The maximum Gasteiger partial charge on any atom is 0.415 e. The van der Waals surface area contributed by atoms with E-state index >= 15 is 0 Å². The third-order valence-corrected chi connectivity index (χ3v) is 4.61. The van der Waals surface area contributed by atoms with Crippen molar-refractivity contribution in [1.29, 1.82) is 0 Å². The highest BCUT2D eigenvalue weighted by Gasteiger charge is 2.43. The van der Waals surface area contributed by atoms with Crippen LogP contribution in [-0.4, -0.2) is 45.7 Å². The van der Waals surface area contributed by atoms with E-state index in [1.165, 1.54) is 15.5 Å². The Hall–Kier alpha value is -2.03. The van der Waals surface area contributed by atoms with Crippen LogP contribution in [0.25, 0.3) is 0 Å². The number of pyridine rings is 1. The zero-order valence-electron chi connectivity index (χ0n) is 13.6. The topological polar surface area (TPSA) is 92.1 Å². The first kappa shape index (κ1) is 16.8. The van der Waals surface area contributed by atoms with Crippen molar-refractivity contribution in [3.05, 3.63) is 16.4 Å². The van der Waals surface area contributed by atoms with Crippen molar-refractivity contribution < 1.29 is 19.4 Å². The van der Waals surface area contributed by atoms with Gasteiger partial charge in [-0.2, -0.15) is 0 Å². The van der Waals surface area contributed by atoms with Gasteiger partial charge in [-0.05, 0) is 20.8 Å². The fourth-order valence-electron chi connectivity index (χ4n) is 2.91. The summed E-state index contributed by atoms with van der Waals surface area (Å²) in [7, 11) is 0. The Labute approximate surface area is 146 Å². The average molecular weight is 400 g/mol. The van der Waals surface area contributed by atoms with Crippen LogP contribution >= 0.6 is 15.9 Å². The molecule has 9 heteroatoms. The van der Waals surface area contributed by atoms with Gasteiger partial charge in [0.15, 0.2) is 5.75 Å². The van der Waals surface area contributed by atoms with Gasteiger partial charge in [-0.1, -0.05) is 15.9 Å². The van der Waals surface area contributed by atoms with E-state index in [1.54, 1.807) is 20.8 Å². The molecule has 1 unspecified atom stereocenters. The summed E-state index contributed by atoms with van der Waals surface area (Å²) in [6, 6.07) is 0.912. The Balaban J connectivity index is 2.15. The predicted octanol–water partition coefficient (Wildman–Crippen LogP) is 1.59. The first-order valence-corrected chi connectivity index (χ1v) is 8.61. The van der Waals surface area contributed by atoms with Gasteiger partial charge in [0.1, 0.15) is 18.0 Å². The Bertz CT molecular complexity index is 783. The standard InChI is InChI=1S/C15H18BrN3O5/c1-15(2,3)24-14(23)17-7-11(21)18-6-8(5-16)19-12(18)9(17)4-10(20)13(19)22/h4,8,20H,5-7H2,1-3H3. The number of nitrogens with zero attached hydrogens (tertiary/aromatic N) is 3. The van der Waals surface area contributed by atoms with Gasteiger partial charge >= 0.3 is 6.09 Å². The van der Waals surface area contributed by atoms with Gasteiger partial charge in [0, 0.05) is 17.9 Å². The van der Waals surface area contributed by atoms with Crippen molar-refractivity contribution in [2.45, 2.75) is 32.4 Å². The summed E-state index contributed by atoms with van der Waals surface area (Å²) in [4.78, 5) is 39.8. The van der Waals surface area contributed by atoms with E-state index in [4.69, 9.17) is 4.74 Å². The van der Waals surface area contributed by atoms with Crippen LogP contribution in [0.4, 0.5) is 16.3 Å². The van der Waals surface area contributed by atoms with Crippen LogP contribution in [0.3, 0.4) is 0 Å². The number of hydrogen-bond donors (Lipinski definition) is 1. The Morgan fingerprint density at radius 2 is 2.08 bits per heavy atom. The van der Waals surface area contributed by atoms with Gasteiger partial charge < -0.3 is 9.84 Å². The molecule has 0 fully saturated rings. The zero-order chi connectivity index (χ0) is 17.8. The zero-order valence-corrected chi connectivity index (χ0v) is 15.2. The Morgan fingerprint density at radius 1 is 1.42 bits per heavy atom. The highest BCUT2D eigenvalue weighted by molar-refractivity contribution is 9.09.